The van der Waals surface area contributed by atoms with Crippen LogP contribution in [-0.4, -0.2) is 34.8 Å². The molecule has 0 radical (unpaired) electrons. The summed E-state index contributed by atoms with van der Waals surface area (Å²) in [6.07, 6.45) is 1.27. The van der Waals surface area contributed by atoms with Gasteiger partial charge in [-0.15, -0.1) is 0 Å². The van der Waals surface area contributed by atoms with Crippen LogP contribution in [0.2, 0.25) is 0 Å². The van der Waals surface area contributed by atoms with E-state index in [1.165, 1.54) is 0 Å². The summed E-state index contributed by atoms with van der Waals surface area (Å²) in [4.78, 5) is 15.5. The lowest BCUT2D eigenvalue weighted by Crippen LogP contribution is -2.51. The van der Waals surface area contributed by atoms with Crippen molar-refractivity contribution in [3.05, 3.63) is 89.0 Å². The Morgan fingerprint density at radius 3 is 2.45 bits per heavy atom. The molecule has 6 rings (SSSR count). The lowest BCUT2D eigenvalue weighted by atomic mass is 9.82. The Bertz CT molecular complexity index is 1190. The molecular weight excluding hydrogens is 414 g/mol. The van der Waals surface area contributed by atoms with Gasteiger partial charge in [0.15, 0.2) is 6.10 Å². The SMILES string of the molecule is CC1([C@@H]2OCCc3cccc(O)c32)CCCN1C(=O)OC1c2ccccc2-c2ccccc21. The summed E-state index contributed by atoms with van der Waals surface area (Å²) < 4.78 is 12.4. The average molecular weight is 442 g/mol. The van der Waals surface area contributed by atoms with Gasteiger partial charge in [0.05, 0.1) is 12.1 Å². The zero-order valence-electron chi connectivity index (χ0n) is 18.7. The zero-order chi connectivity index (χ0) is 22.6. The Balaban J connectivity index is 1.33. The van der Waals surface area contributed by atoms with Crippen molar-refractivity contribution >= 4 is 6.09 Å². The van der Waals surface area contributed by atoms with Crippen molar-refractivity contribution in [1.82, 2.24) is 4.90 Å². The average Bonchev–Trinajstić information content (AvgIpc) is 3.38. The molecule has 33 heavy (non-hydrogen) atoms. The van der Waals surface area contributed by atoms with Gasteiger partial charge >= 0.3 is 6.09 Å². The van der Waals surface area contributed by atoms with Gasteiger partial charge in [-0.2, -0.15) is 0 Å². The topological polar surface area (TPSA) is 59.0 Å². The van der Waals surface area contributed by atoms with E-state index in [1.54, 1.807) is 6.07 Å². The van der Waals surface area contributed by atoms with E-state index in [2.05, 4.69) is 19.1 Å². The van der Waals surface area contributed by atoms with Crippen LogP contribution in [0.4, 0.5) is 4.79 Å². The summed E-state index contributed by atoms with van der Waals surface area (Å²) >= 11 is 0. The lowest BCUT2D eigenvalue weighted by Gasteiger charge is -2.43. The number of hydrogen-bond donors (Lipinski definition) is 1. The Labute approximate surface area is 193 Å². The Morgan fingerprint density at radius 1 is 1.03 bits per heavy atom. The van der Waals surface area contributed by atoms with Gasteiger partial charge in [0.2, 0.25) is 0 Å². The highest BCUT2D eigenvalue weighted by molar-refractivity contribution is 5.80. The molecule has 0 bridgehead atoms. The number of carbonyl (C=O) groups is 1. The standard InChI is InChI=1S/C28H27NO4/c1-28(26-24-18(14-17-32-26)8-6-13-23(24)30)15-7-16-29(28)27(31)33-25-21-11-4-2-9-19(21)20-10-3-5-12-22(20)25/h2-6,8-13,25-26,30H,7,14-17H2,1H3/t26-,28?/m1/s1. The summed E-state index contributed by atoms with van der Waals surface area (Å²) in [5.74, 6) is 0.234. The summed E-state index contributed by atoms with van der Waals surface area (Å²) in [5.41, 5.74) is 5.57. The fraction of sp³-hybridized carbons (Fsp3) is 0.321. The molecule has 1 saturated heterocycles. The zero-order valence-corrected chi connectivity index (χ0v) is 18.7. The van der Waals surface area contributed by atoms with E-state index in [-0.39, 0.29) is 17.9 Å². The van der Waals surface area contributed by atoms with Gasteiger partial charge in [-0.1, -0.05) is 60.7 Å². The van der Waals surface area contributed by atoms with Crippen LogP contribution in [0.3, 0.4) is 0 Å². The highest BCUT2D eigenvalue weighted by atomic mass is 16.6. The molecule has 0 aromatic heterocycles. The number of benzene rings is 3. The molecule has 5 nitrogen and oxygen atoms in total. The minimum atomic E-state index is -0.595. The third-order valence-corrected chi connectivity index (χ3v) is 7.55. The predicted molar refractivity (Wildman–Crippen MR) is 125 cm³/mol. The van der Waals surface area contributed by atoms with Crippen molar-refractivity contribution in [2.45, 2.75) is 43.9 Å². The van der Waals surface area contributed by atoms with Gasteiger partial charge in [0, 0.05) is 23.2 Å². The van der Waals surface area contributed by atoms with Gasteiger partial charge in [0.25, 0.3) is 0 Å². The Morgan fingerprint density at radius 2 is 1.73 bits per heavy atom. The number of rotatable bonds is 2. The maximum Gasteiger partial charge on any atom is 0.411 e. The van der Waals surface area contributed by atoms with Crippen LogP contribution in [0, 0.1) is 0 Å². The summed E-state index contributed by atoms with van der Waals surface area (Å²) in [6.45, 7) is 3.24. The molecular formula is C28H27NO4. The molecule has 1 fully saturated rings. The van der Waals surface area contributed by atoms with Gasteiger partial charge in [0.1, 0.15) is 11.9 Å². The third-order valence-electron chi connectivity index (χ3n) is 7.55. The Kier molecular flexibility index (Phi) is 4.70. The number of nitrogens with zero attached hydrogens (tertiary/aromatic N) is 1. The number of amides is 1. The van der Waals surface area contributed by atoms with E-state index in [0.29, 0.717) is 13.2 Å². The number of likely N-dealkylation sites (tertiary alicyclic amines) is 1. The van der Waals surface area contributed by atoms with E-state index >= 15 is 0 Å². The maximum atomic E-state index is 13.7. The fourth-order valence-corrected chi connectivity index (χ4v) is 5.94. The van der Waals surface area contributed by atoms with E-state index < -0.39 is 11.6 Å². The first-order chi connectivity index (χ1) is 16.1. The molecule has 3 aromatic carbocycles. The van der Waals surface area contributed by atoms with Crippen LogP contribution in [0.15, 0.2) is 66.7 Å². The highest BCUT2D eigenvalue weighted by Gasteiger charge is 2.50. The van der Waals surface area contributed by atoms with Crippen molar-refractivity contribution in [2.24, 2.45) is 0 Å². The monoisotopic (exact) mass is 441 g/mol. The van der Waals surface area contributed by atoms with Crippen LogP contribution < -0.4 is 0 Å². The molecule has 5 heteroatoms. The maximum absolute atomic E-state index is 13.7. The van der Waals surface area contributed by atoms with E-state index in [4.69, 9.17) is 9.47 Å². The quantitative estimate of drug-likeness (QED) is 0.549. The largest absolute Gasteiger partial charge is 0.508 e. The second-order valence-corrected chi connectivity index (χ2v) is 9.40. The van der Waals surface area contributed by atoms with Crippen LogP contribution in [0.25, 0.3) is 11.1 Å². The molecule has 3 aliphatic rings. The van der Waals surface area contributed by atoms with Gasteiger partial charge in [-0.05, 0) is 48.9 Å². The molecule has 2 aliphatic heterocycles. The van der Waals surface area contributed by atoms with E-state index in [9.17, 15) is 9.90 Å². The van der Waals surface area contributed by atoms with Crippen molar-refractivity contribution < 1.29 is 19.4 Å². The molecule has 1 amide bonds. The minimum Gasteiger partial charge on any atom is -0.508 e. The second-order valence-electron chi connectivity index (χ2n) is 9.40. The molecule has 2 heterocycles. The van der Waals surface area contributed by atoms with Crippen molar-refractivity contribution in [3.8, 4) is 16.9 Å². The molecule has 0 saturated carbocycles. The number of carbonyl (C=O) groups excluding carboxylic acids is 1. The second kappa shape index (κ2) is 7.63. The van der Waals surface area contributed by atoms with Gasteiger partial charge in [-0.25, -0.2) is 4.79 Å². The van der Waals surface area contributed by atoms with Crippen molar-refractivity contribution in [1.29, 1.82) is 0 Å². The summed E-state index contributed by atoms with van der Waals surface area (Å²) in [6, 6.07) is 21.9. The van der Waals surface area contributed by atoms with Crippen LogP contribution in [0.5, 0.6) is 5.75 Å². The van der Waals surface area contributed by atoms with Crippen LogP contribution in [-0.2, 0) is 15.9 Å². The molecule has 1 unspecified atom stereocenters. The minimum absolute atomic E-state index is 0.234. The number of phenols is 1. The Hall–Kier alpha value is -3.31. The predicted octanol–water partition coefficient (Wildman–Crippen LogP) is 5.77. The first-order valence-corrected chi connectivity index (χ1v) is 11.7. The molecule has 0 spiro atoms. The molecule has 3 aromatic rings. The molecule has 1 N–H and O–H groups in total. The third kappa shape index (κ3) is 3.06. The lowest BCUT2D eigenvalue weighted by molar-refractivity contribution is -0.0590. The molecule has 2 atom stereocenters. The van der Waals surface area contributed by atoms with Crippen molar-refractivity contribution in [2.75, 3.05) is 13.2 Å². The van der Waals surface area contributed by atoms with E-state index in [1.807, 2.05) is 53.4 Å². The molecule has 1 aliphatic carbocycles. The number of hydrogen-bond acceptors (Lipinski definition) is 4. The summed E-state index contributed by atoms with van der Waals surface area (Å²) in [5, 5.41) is 10.7. The first kappa shape index (κ1) is 20.3. The fourth-order valence-electron chi connectivity index (χ4n) is 5.94. The number of ether oxygens (including phenoxy) is 2. The van der Waals surface area contributed by atoms with Gasteiger partial charge in [-0.3, -0.25) is 4.90 Å². The van der Waals surface area contributed by atoms with Gasteiger partial charge < -0.3 is 14.6 Å². The number of phenolic OH excluding ortho intramolecular Hbond substituents is 1. The number of aromatic hydroxyl groups is 1. The summed E-state index contributed by atoms with van der Waals surface area (Å²) in [7, 11) is 0. The number of fused-ring (bicyclic) bond motifs is 4. The van der Waals surface area contributed by atoms with Crippen LogP contribution in [0.1, 0.15) is 54.2 Å². The van der Waals surface area contributed by atoms with E-state index in [0.717, 1.165) is 52.6 Å². The smallest absolute Gasteiger partial charge is 0.411 e. The van der Waals surface area contributed by atoms with Crippen LogP contribution >= 0.6 is 0 Å². The normalized spacial score (nSPS) is 23.7. The first-order valence-electron chi connectivity index (χ1n) is 11.7. The highest BCUT2D eigenvalue weighted by Crippen LogP contribution is 2.49. The molecule has 168 valence electrons. The van der Waals surface area contributed by atoms with Crippen molar-refractivity contribution in [3.63, 3.8) is 0 Å².